The second-order valence-corrected chi connectivity index (χ2v) is 8.08. The Hall–Kier alpha value is -3.74. The number of nitro benzene ring substituents is 2. The van der Waals surface area contributed by atoms with Gasteiger partial charge in [0.25, 0.3) is 11.4 Å². The molecule has 3 aromatic rings. The molecule has 0 fully saturated rings. The summed E-state index contributed by atoms with van der Waals surface area (Å²) in [6, 6.07) is 16.0. The van der Waals surface area contributed by atoms with Crippen molar-refractivity contribution in [3.63, 3.8) is 0 Å². The van der Waals surface area contributed by atoms with Crippen molar-refractivity contribution in [2.24, 2.45) is 5.16 Å². The summed E-state index contributed by atoms with van der Waals surface area (Å²) in [4.78, 5) is 26.2. The number of oxime groups is 1. The second kappa shape index (κ2) is 11.9. The molecule has 0 aliphatic heterocycles. The molecule has 0 heterocycles. The van der Waals surface area contributed by atoms with Crippen molar-refractivity contribution in [3.05, 3.63) is 101 Å². The van der Waals surface area contributed by atoms with Gasteiger partial charge in [0.2, 0.25) is 0 Å². The highest BCUT2D eigenvalue weighted by Crippen LogP contribution is 2.34. The molecular formula is C23H20IN3O7. The van der Waals surface area contributed by atoms with Crippen LogP contribution in [0.5, 0.6) is 11.5 Å². The van der Waals surface area contributed by atoms with Gasteiger partial charge in [-0.3, -0.25) is 20.2 Å². The van der Waals surface area contributed by atoms with E-state index >= 15 is 0 Å². The van der Waals surface area contributed by atoms with Crippen LogP contribution < -0.4 is 9.47 Å². The van der Waals surface area contributed by atoms with E-state index in [1.165, 1.54) is 30.5 Å². The van der Waals surface area contributed by atoms with Gasteiger partial charge in [0.05, 0.1) is 26.2 Å². The fourth-order valence-electron chi connectivity index (χ4n) is 2.95. The SMILES string of the molecule is CCOc1cc(/C=N\OCc2cccc([N+](=O)[O-])c2)cc(I)c1OCc1cccc([N+](=O)[O-])c1. The Bertz CT molecular complexity index is 1220. The van der Waals surface area contributed by atoms with Crippen molar-refractivity contribution in [1.82, 2.24) is 0 Å². The predicted molar refractivity (Wildman–Crippen MR) is 133 cm³/mol. The molecule has 0 bridgehead atoms. The van der Waals surface area contributed by atoms with E-state index in [0.717, 1.165) is 3.57 Å². The van der Waals surface area contributed by atoms with Crippen molar-refractivity contribution in [2.75, 3.05) is 6.61 Å². The molecule has 0 N–H and O–H groups in total. The number of ether oxygens (including phenoxy) is 2. The van der Waals surface area contributed by atoms with Gasteiger partial charge < -0.3 is 14.3 Å². The summed E-state index contributed by atoms with van der Waals surface area (Å²) < 4.78 is 12.4. The van der Waals surface area contributed by atoms with E-state index in [-0.39, 0.29) is 24.6 Å². The minimum Gasteiger partial charge on any atom is -0.490 e. The van der Waals surface area contributed by atoms with Crippen LogP contribution in [0.3, 0.4) is 0 Å². The fraction of sp³-hybridized carbons (Fsp3) is 0.174. The minimum atomic E-state index is -0.466. The zero-order chi connectivity index (χ0) is 24.5. The molecule has 0 saturated heterocycles. The molecule has 0 aliphatic carbocycles. The average molecular weight is 577 g/mol. The standard InChI is InChI=1S/C23H20IN3O7/c1-2-32-22-12-18(13-25-34-15-17-6-4-8-20(10-17)27(30)31)11-21(24)23(22)33-14-16-5-3-7-19(9-16)26(28)29/h3-13H,2,14-15H2,1H3/b25-13-. The van der Waals surface area contributed by atoms with E-state index in [9.17, 15) is 20.2 Å². The Morgan fingerprint density at radius 1 is 0.912 bits per heavy atom. The lowest BCUT2D eigenvalue weighted by atomic mass is 10.2. The van der Waals surface area contributed by atoms with Gasteiger partial charge in [0.1, 0.15) is 13.2 Å². The van der Waals surface area contributed by atoms with Crippen LogP contribution in [0.25, 0.3) is 0 Å². The number of rotatable bonds is 11. The lowest BCUT2D eigenvalue weighted by Crippen LogP contribution is -2.03. The Kier molecular flexibility index (Phi) is 8.73. The quantitative estimate of drug-likeness (QED) is 0.125. The maximum absolute atomic E-state index is 11.0. The number of nitrogens with zero attached hydrogens (tertiary/aromatic N) is 3. The fourth-order valence-corrected chi connectivity index (χ4v) is 3.73. The monoisotopic (exact) mass is 577 g/mol. The molecule has 3 rings (SSSR count). The van der Waals surface area contributed by atoms with Gasteiger partial charge >= 0.3 is 0 Å². The summed E-state index contributed by atoms with van der Waals surface area (Å²) >= 11 is 2.11. The molecule has 10 nitrogen and oxygen atoms in total. The topological polar surface area (TPSA) is 126 Å². The van der Waals surface area contributed by atoms with Crippen LogP contribution in [0, 0.1) is 23.8 Å². The molecule has 0 amide bonds. The summed E-state index contributed by atoms with van der Waals surface area (Å²) in [5, 5.41) is 25.8. The molecule has 176 valence electrons. The average Bonchev–Trinajstić information content (AvgIpc) is 2.82. The van der Waals surface area contributed by atoms with Gasteiger partial charge in [0.15, 0.2) is 11.5 Å². The molecule has 0 saturated carbocycles. The van der Waals surface area contributed by atoms with Gasteiger partial charge in [0, 0.05) is 29.8 Å². The number of nitro groups is 2. The van der Waals surface area contributed by atoms with Gasteiger partial charge in [-0.2, -0.15) is 0 Å². The molecule has 11 heteroatoms. The maximum atomic E-state index is 11.0. The number of hydrogen-bond acceptors (Lipinski definition) is 8. The van der Waals surface area contributed by atoms with Crippen molar-refractivity contribution < 1.29 is 24.2 Å². The first kappa shape index (κ1) is 24.9. The molecule has 3 aromatic carbocycles. The van der Waals surface area contributed by atoms with Gasteiger partial charge in [-0.1, -0.05) is 29.4 Å². The van der Waals surface area contributed by atoms with Crippen LogP contribution >= 0.6 is 22.6 Å². The normalized spacial score (nSPS) is 10.8. The number of non-ortho nitro benzene ring substituents is 2. The predicted octanol–water partition coefficient (Wildman–Crippen LogP) is 5.64. The molecule has 0 aromatic heterocycles. The lowest BCUT2D eigenvalue weighted by Gasteiger charge is -2.14. The van der Waals surface area contributed by atoms with Gasteiger partial charge in [-0.05, 0) is 52.8 Å². The van der Waals surface area contributed by atoms with Crippen LogP contribution in [-0.4, -0.2) is 22.7 Å². The Morgan fingerprint density at radius 2 is 1.53 bits per heavy atom. The number of benzene rings is 3. The van der Waals surface area contributed by atoms with Gasteiger partial charge in [-0.25, -0.2) is 0 Å². The molecular weight excluding hydrogens is 557 g/mol. The summed E-state index contributed by atoms with van der Waals surface area (Å²) in [7, 11) is 0. The van der Waals surface area contributed by atoms with E-state index in [1.807, 2.05) is 13.0 Å². The summed E-state index contributed by atoms with van der Waals surface area (Å²) in [5.41, 5.74) is 1.97. The highest BCUT2D eigenvalue weighted by Gasteiger charge is 2.13. The molecule has 0 aliphatic rings. The van der Waals surface area contributed by atoms with Crippen molar-refractivity contribution in [3.8, 4) is 11.5 Å². The number of hydrogen-bond donors (Lipinski definition) is 0. The number of halogens is 1. The first-order chi connectivity index (χ1) is 16.4. The van der Waals surface area contributed by atoms with E-state index in [4.69, 9.17) is 14.3 Å². The lowest BCUT2D eigenvalue weighted by molar-refractivity contribution is -0.385. The molecule has 0 spiro atoms. The zero-order valence-electron chi connectivity index (χ0n) is 18.0. The highest BCUT2D eigenvalue weighted by atomic mass is 127. The molecule has 34 heavy (non-hydrogen) atoms. The van der Waals surface area contributed by atoms with Crippen LogP contribution in [0.15, 0.2) is 65.8 Å². The minimum absolute atomic E-state index is 0.00232. The van der Waals surface area contributed by atoms with Crippen molar-refractivity contribution in [1.29, 1.82) is 0 Å². The van der Waals surface area contributed by atoms with Crippen LogP contribution in [-0.2, 0) is 18.1 Å². The third kappa shape index (κ3) is 6.88. The van der Waals surface area contributed by atoms with E-state index in [1.54, 1.807) is 30.3 Å². The van der Waals surface area contributed by atoms with E-state index in [2.05, 4.69) is 27.7 Å². The first-order valence-corrected chi connectivity index (χ1v) is 11.2. The summed E-state index contributed by atoms with van der Waals surface area (Å²) in [5.74, 6) is 1.02. The first-order valence-electron chi connectivity index (χ1n) is 10.1. The third-order valence-electron chi connectivity index (χ3n) is 4.47. The van der Waals surface area contributed by atoms with E-state index in [0.29, 0.717) is 34.8 Å². The highest BCUT2D eigenvalue weighted by molar-refractivity contribution is 14.1. The van der Waals surface area contributed by atoms with E-state index < -0.39 is 9.85 Å². The largest absolute Gasteiger partial charge is 0.490 e. The Morgan fingerprint density at radius 3 is 2.12 bits per heavy atom. The summed E-state index contributed by atoms with van der Waals surface area (Å²) in [6.07, 6.45) is 1.51. The zero-order valence-corrected chi connectivity index (χ0v) is 20.2. The van der Waals surface area contributed by atoms with Crippen molar-refractivity contribution in [2.45, 2.75) is 20.1 Å². The Balaban J connectivity index is 1.69. The smallest absolute Gasteiger partial charge is 0.269 e. The second-order valence-electron chi connectivity index (χ2n) is 6.91. The van der Waals surface area contributed by atoms with Gasteiger partial charge in [-0.15, -0.1) is 0 Å². The maximum Gasteiger partial charge on any atom is 0.269 e. The van der Waals surface area contributed by atoms with Crippen LogP contribution in [0.1, 0.15) is 23.6 Å². The van der Waals surface area contributed by atoms with Crippen molar-refractivity contribution >= 4 is 40.2 Å². The van der Waals surface area contributed by atoms with Crippen LogP contribution in [0.4, 0.5) is 11.4 Å². The Labute approximate surface area is 208 Å². The van der Waals surface area contributed by atoms with Crippen LogP contribution in [0.2, 0.25) is 0 Å². The molecule has 0 radical (unpaired) electrons. The third-order valence-corrected chi connectivity index (χ3v) is 5.27. The molecule has 0 unspecified atom stereocenters. The molecule has 0 atom stereocenters. The summed E-state index contributed by atoms with van der Waals surface area (Å²) in [6.45, 7) is 2.47.